The van der Waals surface area contributed by atoms with Gasteiger partial charge in [0.2, 0.25) is 0 Å². The van der Waals surface area contributed by atoms with Crippen molar-refractivity contribution < 1.29 is 81.2 Å². The smallest absolute Gasteiger partial charge is 0.380 e. The Balaban J connectivity index is 3.86. The molecule has 0 aromatic carbocycles. The third-order valence-corrected chi connectivity index (χ3v) is 5.99. The lowest BCUT2D eigenvalue weighted by atomic mass is 9.60. The Hall–Kier alpha value is -1.17. The minimum absolute atomic E-state index is 0.280. The Morgan fingerprint density at radius 3 is 0.818 bits per heavy atom. The fourth-order valence-corrected chi connectivity index (χ4v) is 3.94. The summed E-state index contributed by atoms with van der Waals surface area (Å²) in [5.74, 6) is -10.7. The summed E-state index contributed by atoms with van der Waals surface area (Å²) >= 11 is 0. The van der Waals surface area contributed by atoms with E-state index in [9.17, 15) is 81.2 Å². The van der Waals surface area contributed by atoms with Gasteiger partial charge in [0.1, 0.15) is 0 Å². The number of halogens is 15. The summed E-state index contributed by atoms with van der Waals surface area (Å²) in [7, 11) is 0. The van der Waals surface area contributed by atoms with E-state index in [-0.39, 0.29) is 6.92 Å². The van der Waals surface area contributed by atoms with Crippen LogP contribution in [0.3, 0.4) is 0 Å². The first kappa shape index (κ1) is 29.9. The zero-order chi connectivity index (χ0) is 26.9. The summed E-state index contributed by atoms with van der Waals surface area (Å²) in [4.78, 5) is 0. The van der Waals surface area contributed by atoms with Crippen LogP contribution in [0.1, 0.15) is 26.2 Å². The second-order valence-electron chi connectivity index (χ2n) is 7.97. The van der Waals surface area contributed by atoms with Crippen LogP contribution in [-0.2, 0) is 0 Å². The zero-order valence-corrected chi connectivity index (χ0v) is 15.9. The van der Waals surface area contributed by atoms with Gasteiger partial charge in [0.15, 0.2) is 5.60 Å². The molecule has 0 bridgehead atoms. The molecule has 3 unspecified atom stereocenters. The summed E-state index contributed by atoms with van der Waals surface area (Å²) in [6.07, 6.45) is -40.0. The van der Waals surface area contributed by atoms with Crippen LogP contribution in [0.5, 0.6) is 0 Å². The molecular formula is C15H15F15O3. The molecule has 1 fully saturated rings. The van der Waals surface area contributed by atoms with E-state index in [4.69, 9.17) is 0 Å². The van der Waals surface area contributed by atoms with Crippen molar-refractivity contribution in [3.63, 3.8) is 0 Å². The highest BCUT2D eigenvalue weighted by atomic mass is 19.4. The molecule has 0 aromatic heterocycles. The van der Waals surface area contributed by atoms with E-state index in [0.717, 1.165) is 0 Å². The largest absolute Gasteiger partial charge is 0.426 e. The maximum atomic E-state index is 13.2. The molecule has 0 spiro atoms. The quantitative estimate of drug-likeness (QED) is 0.450. The highest BCUT2D eigenvalue weighted by Gasteiger charge is 2.79. The minimum Gasteiger partial charge on any atom is -0.380 e. The normalized spacial score (nSPS) is 26.8. The molecule has 1 rings (SSSR count). The van der Waals surface area contributed by atoms with Crippen LogP contribution >= 0.6 is 0 Å². The molecule has 0 heterocycles. The highest BCUT2D eigenvalue weighted by Crippen LogP contribution is 2.60. The molecule has 33 heavy (non-hydrogen) atoms. The average molecular weight is 528 g/mol. The first-order valence-electron chi connectivity index (χ1n) is 8.57. The summed E-state index contributed by atoms with van der Waals surface area (Å²) in [5, 5.41) is 28.5. The van der Waals surface area contributed by atoms with Crippen LogP contribution in [0.2, 0.25) is 0 Å². The van der Waals surface area contributed by atoms with Crippen molar-refractivity contribution >= 4 is 0 Å². The van der Waals surface area contributed by atoms with Crippen molar-refractivity contribution in [1.29, 1.82) is 0 Å². The van der Waals surface area contributed by atoms with Gasteiger partial charge in [-0.1, -0.05) is 0 Å². The summed E-state index contributed by atoms with van der Waals surface area (Å²) < 4.78 is 197. The molecule has 198 valence electrons. The third kappa shape index (κ3) is 4.70. The van der Waals surface area contributed by atoms with Crippen LogP contribution in [0, 0.1) is 17.8 Å². The zero-order valence-electron chi connectivity index (χ0n) is 15.9. The van der Waals surface area contributed by atoms with Gasteiger partial charge in [-0.05, 0) is 32.1 Å². The summed E-state index contributed by atoms with van der Waals surface area (Å²) in [5.41, 5.74) is -16.5. The number of hydrogen-bond acceptors (Lipinski definition) is 3. The molecule has 3 N–H and O–H groups in total. The predicted octanol–water partition coefficient (Wildman–Crippen LogP) is 5.04. The van der Waals surface area contributed by atoms with E-state index < -0.39 is 84.7 Å². The van der Waals surface area contributed by atoms with E-state index in [0.29, 0.717) is 0 Å². The lowest BCUT2D eigenvalue weighted by molar-refractivity contribution is -0.408. The molecule has 3 nitrogen and oxygen atoms in total. The highest BCUT2D eigenvalue weighted by molar-refractivity contribution is 5.10. The first-order chi connectivity index (χ1) is 14.1. The number of aliphatic hydroxyl groups is 3. The van der Waals surface area contributed by atoms with Gasteiger partial charge in [-0.3, -0.25) is 0 Å². The van der Waals surface area contributed by atoms with E-state index in [1.54, 1.807) is 0 Å². The van der Waals surface area contributed by atoms with E-state index in [1.807, 2.05) is 0 Å². The standard InChI is InChI=1S/C15H15F15O3/c1-8(31,11(16,17)18)5-2-6(9(32,12(19,20)21)13(22,23)24)4-7(3-5)10(33,14(25,26)27)15(28,29)30/h5-7,31-33H,2-4H2,1H3. The van der Waals surface area contributed by atoms with Crippen LogP contribution in [0.25, 0.3) is 0 Å². The van der Waals surface area contributed by atoms with Gasteiger partial charge in [-0.15, -0.1) is 0 Å². The van der Waals surface area contributed by atoms with Crippen molar-refractivity contribution in [2.75, 3.05) is 0 Å². The molecule has 3 atom stereocenters. The SMILES string of the molecule is CC(O)(C1CC(C(O)(C(F)(F)F)C(F)(F)F)CC(C(O)(C(F)(F)F)C(F)(F)F)C1)C(F)(F)F. The number of hydrogen-bond donors (Lipinski definition) is 3. The summed E-state index contributed by atoms with van der Waals surface area (Å²) in [6, 6.07) is 0. The molecule has 0 amide bonds. The maximum absolute atomic E-state index is 13.2. The lowest BCUT2D eigenvalue weighted by Gasteiger charge is -2.51. The number of rotatable bonds is 3. The fourth-order valence-electron chi connectivity index (χ4n) is 3.94. The van der Waals surface area contributed by atoms with Crippen LogP contribution in [0.4, 0.5) is 65.9 Å². The van der Waals surface area contributed by atoms with Gasteiger partial charge in [0.05, 0.1) is 0 Å². The molecular weight excluding hydrogens is 513 g/mol. The second-order valence-corrected chi connectivity index (χ2v) is 7.97. The molecule has 1 saturated carbocycles. The van der Waals surface area contributed by atoms with Gasteiger partial charge in [-0.2, -0.15) is 65.9 Å². The van der Waals surface area contributed by atoms with Gasteiger partial charge >= 0.3 is 30.9 Å². The van der Waals surface area contributed by atoms with E-state index >= 15 is 0 Å². The fraction of sp³-hybridized carbons (Fsp3) is 1.00. The van der Waals surface area contributed by atoms with Crippen molar-refractivity contribution in [2.24, 2.45) is 17.8 Å². The van der Waals surface area contributed by atoms with E-state index in [2.05, 4.69) is 0 Å². The third-order valence-electron chi connectivity index (χ3n) is 5.99. The van der Waals surface area contributed by atoms with Gasteiger partial charge < -0.3 is 15.3 Å². The van der Waals surface area contributed by atoms with Crippen LogP contribution in [-0.4, -0.2) is 63.0 Å². The Labute approximate surface area is 174 Å². The Bertz CT molecular complexity index is 624. The first-order valence-corrected chi connectivity index (χ1v) is 8.57. The van der Waals surface area contributed by atoms with Crippen LogP contribution in [0.15, 0.2) is 0 Å². The lowest BCUT2D eigenvalue weighted by Crippen LogP contribution is -2.68. The van der Waals surface area contributed by atoms with Crippen molar-refractivity contribution in [1.82, 2.24) is 0 Å². The molecule has 0 saturated heterocycles. The van der Waals surface area contributed by atoms with E-state index in [1.165, 1.54) is 0 Å². The number of alkyl halides is 15. The van der Waals surface area contributed by atoms with Crippen molar-refractivity contribution in [3.05, 3.63) is 0 Å². The Morgan fingerprint density at radius 2 is 0.636 bits per heavy atom. The molecule has 0 aliphatic heterocycles. The molecule has 0 radical (unpaired) electrons. The Morgan fingerprint density at radius 1 is 0.424 bits per heavy atom. The van der Waals surface area contributed by atoms with Crippen molar-refractivity contribution in [2.45, 2.75) is 73.9 Å². The summed E-state index contributed by atoms with van der Waals surface area (Å²) in [6.45, 7) is -0.280. The monoisotopic (exact) mass is 528 g/mol. The predicted molar refractivity (Wildman–Crippen MR) is 75.1 cm³/mol. The topological polar surface area (TPSA) is 60.7 Å². The van der Waals surface area contributed by atoms with Gasteiger partial charge in [0, 0.05) is 11.8 Å². The van der Waals surface area contributed by atoms with Gasteiger partial charge in [-0.25, -0.2) is 0 Å². The molecule has 1 aliphatic carbocycles. The van der Waals surface area contributed by atoms with Crippen molar-refractivity contribution in [3.8, 4) is 0 Å². The Kier molecular flexibility index (Phi) is 7.17. The van der Waals surface area contributed by atoms with Crippen LogP contribution < -0.4 is 0 Å². The minimum atomic E-state index is -6.82. The molecule has 1 aliphatic rings. The maximum Gasteiger partial charge on any atom is 0.426 e. The second kappa shape index (κ2) is 7.93. The molecule has 0 aromatic rings. The van der Waals surface area contributed by atoms with Gasteiger partial charge in [0.25, 0.3) is 11.2 Å². The average Bonchev–Trinajstić information content (AvgIpc) is 2.54. The molecule has 18 heteroatoms.